The molecule has 1 unspecified atom stereocenters. The van der Waals surface area contributed by atoms with E-state index in [0.717, 1.165) is 0 Å². The van der Waals surface area contributed by atoms with Crippen LogP contribution in [0, 0.1) is 16.0 Å². The van der Waals surface area contributed by atoms with Crippen molar-refractivity contribution in [2.45, 2.75) is 6.42 Å². The van der Waals surface area contributed by atoms with Crippen LogP contribution in [0.4, 0.5) is 11.4 Å². The summed E-state index contributed by atoms with van der Waals surface area (Å²) in [5, 5.41) is 26.1. The van der Waals surface area contributed by atoms with Crippen molar-refractivity contribution < 1.29 is 18.4 Å². The van der Waals surface area contributed by atoms with Gasteiger partial charge in [-0.25, -0.2) is 8.42 Å². The number of sulfone groups is 1. The molecular weight excluding hydrogens is 330 g/mol. The predicted octanol–water partition coefficient (Wildman–Crippen LogP) is 1.02. The summed E-state index contributed by atoms with van der Waals surface area (Å²) in [6, 6.07) is 3.55. The molecule has 1 aromatic carbocycles. The minimum Gasteiger partial charge on any atom is -0.506 e. The zero-order chi connectivity index (χ0) is 16.3. The number of rotatable bonds is 4. The Hall–Kier alpha value is -1.94. The van der Waals surface area contributed by atoms with E-state index in [-0.39, 0.29) is 39.7 Å². The highest BCUT2D eigenvalue weighted by Crippen LogP contribution is 2.27. The Labute approximate surface area is 132 Å². The molecule has 0 bridgehead atoms. The molecule has 0 amide bonds. The zero-order valence-corrected chi connectivity index (χ0v) is 13.1. The maximum Gasteiger partial charge on any atom is 0.271 e. The van der Waals surface area contributed by atoms with Gasteiger partial charge in [0.05, 0.1) is 22.1 Å². The first-order chi connectivity index (χ1) is 10.3. The quantitative estimate of drug-likeness (QED) is 0.320. The molecule has 8 nitrogen and oxygen atoms in total. The number of nitrogens with zero attached hydrogens (tertiary/aromatic N) is 1. The van der Waals surface area contributed by atoms with Crippen LogP contribution in [0.2, 0.25) is 0 Å². The van der Waals surface area contributed by atoms with Crippen LogP contribution in [0.3, 0.4) is 0 Å². The Morgan fingerprint density at radius 3 is 2.82 bits per heavy atom. The largest absolute Gasteiger partial charge is 0.506 e. The van der Waals surface area contributed by atoms with Crippen LogP contribution in [-0.4, -0.2) is 41.6 Å². The highest BCUT2D eigenvalue weighted by molar-refractivity contribution is 7.91. The third-order valence-corrected chi connectivity index (χ3v) is 5.40. The molecule has 0 spiro atoms. The van der Waals surface area contributed by atoms with Crippen molar-refractivity contribution in [2.75, 3.05) is 23.4 Å². The lowest BCUT2D eigenvalue weighted by Gasteiger charge is -2.14. The molecule has 10 heteroatoms. The fourth-order valence-corrected chi connectivity index (χ4v) is 4.23. The number of benzene rings is 1. The second-order valence-electron chi connectivity index (χ2n) is 5.06. The lowest BCUT2D eigenvalue weighted by atomic mass is 10.1. The van der Waals surface area contributed by atoms with E-state index in [0.29, 0.717) is 13.0 Å². The second kappa shape index (κ2) is 6.44. The van der Waals surface area contributed by atoms with Gasteiger partial charge in [0.25, 0.3) is 5.69 Å². The van der Waals surface area contributed by atoms with E-state index >= 15 is 0 Å². The summed E-state index contributed by atoms with van der Waals surface area (Å²) < 4.78 is 22.7. The van der Waals surface area contributed by atoms with Crippen LogP contribution in [0.15, 0.2) is 18.2 Å². The van der Waals surface area contributed by atoms with Crippen molar-refractivity contribution in [3.63, 3.8) is 0 Å². The first-order valence-electron chi connectivity index (χ1n) is 6.49. The summed E-state index contributed by atoms with van der Waals surface area (Å²) in [5.41, 5.74) is -0.0595. The van der Waals surface area contributed by atoms with Crippen LogP contribution < -0.4 is 10.6 Å². The highest BCUT2D eigenvalue weighted by atomic mass is 32.2. The van der Waals surface area contributed by atoms with Crippen molar-refractivity contribution in [3.05, 3.63) is 28.3 Å². The zero-order valence-electron chi connectivity index (χ0n) is 11.5. The average Bonchev–Trinajstić information content (AvgIpc) is 2.78. The molecule has 0 aliphatic carbocycles. The lowest BCUT2D eigenvalue weighted by molar-refractivity contribution is -0.384. The number of hydrogen-bond donors (Lipinski definition) is 3. The Morgan fingerprint density at radius 2 is 2.23 bits per heavy atom. The fraction of sp³-hybridized carbons (Fsp3) is 0.417. The van der Waals surface area contributed by atoms with E-state index in [1.165, 1.54) is 18.2 Å². The minimum atomic E-state index is -2.94. The number of non-ortho nitro benzene ring substituents is 1. The molecule has 1 saturated heterocycles. The maximum absolute atomic E-state index is 11.3. The van der Waals surface area contributed by atoms with E-state index in [9.17, 15) is 23.6 Å². The number of anilines is 1. The standard InChI is InChI=1S/C12H15N3O5S2/c16-11-2-1-9(15(17)18)5-10(11)14-12(21)13-6-8-3-4-22(19,20)7-8/h1-2,5,8,16H,3-4,6-7H2,(H2,13,14,21). The molecular formula is C12H15N3O5S2. The first-order valence-corrected chi connectivity index (χ1v) is 8.72. The molecule has 3 N–H and O–H groups in total. The van der Waals surface area contributed by atoms with Crippen LogP contribution in [0.1, 0.15) is 6.42 Å². The summed E-state index contributed by atoms with van der Waals surface area (Å²) in [6.45, 7) is 0.390. The van der Waals surface area contributed by atoms with E-state index in [1.807, 2.05) is 0 Å². The van der Waals surface area contributed by atoms with Crippen LogP contribution in [0.25, 0.3) is 0 Å². The number of hydrogen-bond acceptors (Lipinski definition) is 6. The number of aromatic hydroxyl groups is 1. The molecule has 0 aromatic heterocycles. The van der Waals surface area contributed by atoms with Crippen LogP contribution >= 0.6 is 12.2 Å². The number of nitro groups is 1. The molecule has 2 rings (SSSR count). The van der Waals surface area contributed by atoms with Crippen molar-refractivity contribution in [1.82, 2.24) is 5.32 Å². The molecule has 0 radical (unpaired) electrons. The molecule has 1 aromatic rings. The number of phenols is 1. The minimum absolute atomic E-state index is 0.0107. The normalized spacial score (nSPS) is 19.5. The third kappa shape index (κ3) is 4.28. The van der Waals surface area contributed by atoms with Gasteiger partial charge >= 0.3 is 0 Å². The third-order valence-electron chi connectivity index (χ3n) is 3.32. The van der Waals surface area contributed by atoms with Crippen LogP contribution in [0.5, 0.6) is 5.75 Å². The SMILES string of the molecule is O=[N+]([O-])c1ccc(O)c(NC(=S)NCC2CCS(=O)(=O)C2)c1. The van der Waals surface area contributed by atoms with E-state index < -0.39 is 14.8 Å². The van der Waals surface area contributed by atoms with Gasteiger partial charge in [0.15, 0.2) is 14.9 Å². The smallest absolute Gasteiger partial charge is 0.271 e. The van der Waals surface area contributed by atoms with E-state index in [4.69, 9.17) is 12.2 Å². The van der Waals surface area contributed by atoms with Gasteiger partial charge in [0.2, 0.25) is 0 Å². The first kappa shape index (κ1) is 16.4. The highest BCUT2D eigenvalue weighted by Gasteiger charge is 2.27. The Morgan fingerprint density at radius 1 is 1.50 bits per heavy atom. The summed E-state index contributed by atoms with van der Waals surface area (Å²) in [4.78, 5) is 10.1. The average molecular weight is 345 g/mol. The number of nitro benzene ring substituents is 1. The second-order valence-corrected chi connectivity index (χ2v) is 7.70. The van der Waals surface area contributed by atoms with E-state index in [2.05, 4.69) is 10.6 Å². The monoisotopic (exact) mass is 345 g/mol. The molecule has 1 aliphatic rings. The lowest BCUT2D eigenvalue weighted by Crippen LogP contribution is -2.33. The van der Waals surface area contributed by atoms with Crippen molar-refractivity contribution >= 4 is 38.5 Å². The van der Waals surface area contributed by atoms with Gasteiger partial charge in [-0.3, -0.25) is 10.1 Å². The summed E-state index contributed by atoms with van der Waals surface area (Å²) in [7, 11) is -2.94. The summed E-state index contributed by atoms with van der Waals surface area (Å²) in [6.07, 6.45) is 0.583. The number of phenolic OH excluding ortho intramolecular Hbond substituents is 1. The van der Waals surface area contributed by atoms with Gasteiger partial charge in [-0.1, -0.05) is 0 Å². The van der Waals surface area contributed by atoms with Gasteiger partial charge < -0.3 is 15.7 Å². The molecule has 0 saturated carbocycles. The van der Waals surface area contributed by atoms with Gasteiger partial charge in [-0.15, -0.1) is 0 Å². The number of thiocarbonyl (C=S) groups is 1. The summed E-state index contributed by atoms with van der Waals surface area (Å²) >= 11 is 5.04. The summed E-state index contributed by atoms with van der Waals surface area (Å²) in [5.74, 6) is 0.136. The molecule has 22 heavy (non-hydrogen) atoms. The van der Waals surface area contributed by atoms with Gasteiger partial charge in [0, 0.05) is 18.7 Å². The molecule has 1 aliphatic heterocycles. The maximum atomic E-state index is 11.3. The molecule has 1 heterocycles. The topological polar surface area (TPSA) is 122 Å². The van der Waals surface area contributed by atoms with E-state index in [1.54, 1.807) is 0 Å². The van der Waals surface area contributed by atoms with Gasteiger partial charge in [-0.2, -0.15) is 0 Å². The predicted molar refractivity (Wildman–Crippen MR) is 85.7 cm³/mol. The number of nitrogens with one attached hydrogen (secondary N) is 2. The molecule has 1 atom stereocenters. The Kier molecular flexibility index (Phi) is 4.81. The molecule has 1 fully saturated rings. The van der Waals surface area contributed by atoms with Gasteiger partial charge in [-0.05, 0) is 30.6 Å². The van der Waals surface area contributed by atoms with Crippen molar-refractivity contribution in [2.24, 2.45) is 5.92 Å². The van der Waals surface area contributed by atoms with Crippen LogP contribution in [-0.2, 0) is 9.84 Å². The van der Waals surface area contributed by atoms with Crippen molar-refractivity contribution in [3.8, 4) is 5.75 Å². The Balaban J connectivity index is 1.92. The fourth-order valence-electron chi connectivity index (χ4n) is 2.17. The van der Waals surface area contributed by atoms with Gasteiger partial charge in [0.1, 0.15) is 5.75 Å². The molecule has 120 valence electrons. The Bertz CT molecular complexity index is 705. The van der Waals surface area contributed by atoms with Crippen molar-refractivity contribution in [1.29, 1.82) is 0 Å².